The molecule has 25 heavy (non-hydrogen) atoms. The van der Waals surface area contributed by atoms with Crippen molar-refractivity contribution >= 4 is 17.2 Å². The van der Waals surface area contributed by atoms with E-state index in [1.54, 1.807) is 22.3 Å². The van der Waals surface area contributed by atoms with E-state index in [2.05, 4.69) is 33.6 Å². The number of amides is 1. The van der Waals surface area contributed by atoms with Crippen LogP contribution in [-0.2, 0) is 25.9 Å². The van der Waals surface area contributed by atoms with Crippen molar-refractivity contribution in [3.63, 3.8) is 0 Å². The van der Waals surface area contributed by atoms with Crippen LogP contribution in [-0.4, -0.2) is 20.7 Å². The molecule has 1 aliphatic carbocycles. The van der Waals surface area contributed by atoms with Gasteiger partial charge in [0.25, 0.3) is 5.91 Å². The van der Waals surface area contributed by atoms with Gasteiger partial charge in [-0.05, 0) is 48.4 Å². The fourth-order valence-corrected chi connectivity index (χ4v) is 4.31. The summed E-state index contributed by atoms with van der Waals surface area (Å²) in [4.78, 5) is 18.6. The first-order valence-corrected chi connectivity index (χ1v) is 9.39. The molecule has 2 heterocycles. The number of nitrogens with one attached hydrogen (secondary N) is 1. The zero-order valence-corrected chi connectivity index (χ0v) is 14.8. The number of carbonyl (C=O) groups excluding carboxylic acids is 1. The molecule has 0 atom stereocenters. The molecule has 1 aliphatic rings. The summed E-state index contributed by atoms with van der Waals surface area (Å²) in [6, 6.07) is 10.3. The summed E-state index contributed by atoms with van der Waals surface area (Å²) in [5.41, 5.74) is 3.63. The minimum atomic E-state index is 0.0334. The first-order chi connectivity index (χ1) is 12.3. The molecule has 2 aromatic heterocycles. The summed E-state index contributed by atoms with van der Waals surface area (Å²) in [6.07, 6.45) is 7.97. The normalized spacial score (nSPS) is 13.4. The van der Waals surface area contributed by atoms with Crippen LogP contribution in [0.25, 0.3) is 0 Å². The minimum Gasteiger partial charge on any atom is -0.347 e. The van der Waals surface area contributed by atoms with Gasteiger partial charge in [0.1, 0.15) is 12.7 Å². The van der Waals surface area contributed by atoms with Crippen LogP contribution >= 0.6 is 11.3 Å². The van der Waals surface area contributed by atoms with Gasteiger partial charge in [-0.3, -0.25) is 4.79 Å². The second kappa shape index (κ2) is 7.19. The maximum Gasteiger partial charge on any atom is 0.261 e. The Bertz CT molecular complexity index is 829. The number of aryl methyl sites for hydroxylation is 2. The molecule has 3 aromatic rings. The summed E-state index contributed by atoms with van der Waals surface area (Å²) < 4.78 is 1.79. The predicted octanol–water partition coefficient (Wildman–Crippen LogP) is 3.20. The molecule has 4 rings (SSSR count). The summed E-state index contributed by atoms with van der Waals surface area (Å²) in [5.74, 6) is 0.0334. The molecule has 0 spiro atoms. The number of fused-ring (bicyclic) bond motifs is 1. The number of carbonyl (C=O) groups is 1. The van der Waals surface area contributed by atoms with E-state index < -0.39 is 0 Å². The summed E-state index contributed by atoms with van der Waals surface area (Å²) in [6.45, 7) is 1.25. The topological polar surface area (TPSA) is 59.8 Å². The molecule has 1 aromatic carbocycles. The smallest absolute Gasteiger partial charge is 0.261 e. The van der Waals surface area contributed by atoms with Gasteiger partial charge in [0.05, 0.1) is 11.4 Å². The lowest BCUT2D eigenvalue weighted by molar-refractivity contribution is 0.0955. The maximum atomic E-state index is 12.4. The second-order valence-corrected chi connectivity index (χ2v) is 7.50. The summed E-state index contributed by atoms with van der Waals surface area (Å²) in [5, 5.41) is 7.14. The van der Waals surface area contributed by atoms with Crippen LogP contribution in [0.1, 0.15) is 44.1 Å². The molecule has 6 heteroatoms. The van der Waals surface area contributed by atoms with Crippen LogP contribution < -0.4 is 5.32 Å². The van der Waals surface area contributed by atoms with Gasteiger partial charge in [0.15, 0.2) is 0 Å². The molecular formula is C19H20N4OS. The zero-order chi connectivity index (χ0) is 17.1. The number of hydrogen-bond donors (Lipinski definition) is 1. The van der Waals surface area contributed by atoms with E-state index in [-0.39, 0.29) is 5.91 Å². The Labute approximate surface area is 150 Å². The Kier molecular flexibility index (Phi) is 4.61. The zero-order valence-electron chi connectivity index (χ0n) is 13.9. The van der Waals surface area contributed by atoms with Crippen molar-refractivity contribution in [1.29, 1.82) is 0 Å². The molecule has 0 saturated heterocycles. The van der Waals surface area contributed by atoms with Crippen LogP contribution in [0.2, 0.25) is 0 Å². The van der Waals surface area contributed by atoms with Crippen molar-refractivity contribution in [1.82, 2.24) is 20.1 Å². The van der Waals surface area contributed by atoms with Gasteiger partial charge < -0.3 is 5.32 Å². The third kappa shape index (κ3) is 3.79. The monoisotopic (exact) mass is 352 g/mol. The van der Waals surface area contributed by atoms with Gasteiger partial charge in [-0.2, -0.15) is 5.10 Å². The molecule has 0 bridgehead atoms. The van der Waals surface area contributed by atoms with Crippen LogP contribution in [0.15, 0.2) is 43.0 Å². The van der Waals surface area contributed by atoms with Gasteiger partial charge in [0, 0.05) is 11.4 Å². The van der Waals surface area contributed by atoms with Crippen molar-refractivity contribution < 1.29 is 4.79 Å². The molecule has 0 fully saturated rings. The van der Waals surface area contributed by atoms with E-state index in [0.717, 1.165) is 28.8 Å². The third-order valence-electron chi connectivity index (χ3n) is 4.51. The van der Waals surface area contributed by atoms with Gasteiger partial charge >= 0.3 is 0 Å². The van der Waals surface area contributed by atoms with Crippen LogP contribution in [0.3, 0.4) is 0 Å². The highest BCUT2D eigenvalue weighted by molar-refractivity contribution is 7.14. The van der Waals surface area contributed by atoms with Gasteiger partial charge in [-0.25, -0.2) is 9.67 Å². The quantitative estimate of drug-likeness (QED) is 0.767. The van der Waals surface area contributed by atoms with E-state index in [1.807, 2.05) is 12.1 Å². The van der Waals surface area contributed by atoms with Gasteiger partial charge in [-0.1, -0.05) is 24.3 Å². The van der Waals surface area contributed by atoms with Crippen molar-refractivity contribution in [3.8, 4) is 0 Å². The van der Waals surface area contributed by atoms with Crippen molar-refractivity contribution in [2.24, 2.45) is 0 Å². The van der Waals surface area contributed by atoms with Gasteiger partial charge in [-0.15, -0.1) is 11.3 Å². The Morgan fingerprint density at radius 3 is 2.72 bits per heavy atom. The summed E-state index contributed by atoms with van der Waals surface area (Å²) >= 11 is 1.66. The average Bonchev–Trinajstić information content (AvgIpc) is 3.30. The minimum absolute atomic E-state index is 0.0334. The lowest BCUT2D eigenvalue weighted by atomic mass is 9.99. The largest absolute Gasteiger partial charge is 0.347 e. The van der Waals surface area contributed by atoms with E-state index in [1.165, 1.54) is 29.6 Å². The number of rotatable bonds is 5. The second-order valence-electron chi connectivity index (χ2n) is 6.36. The number of hydrogen-bond acceptors (Lipinski definition) is 4. The molecule has 0 radical (unpaired) electrons. The first kappa shape index (κ1) is 16.0. The number of nitrogens with zero attached hydrogens (tertiary/aromatic N) is 3. The lowest BCUT2D eigenvalue weighted by Gasteiger charge is -2.08. The van der Waals surface area contributed by atoms with Gasteiger partial charge in [0.2, 0.25) is 0 Å². The Morgan fingerprint density at radius 1 is 1.16 bits per heavy atom. The molecule has 5 nitrogen and oxygen atoms in total. The molecule has 1 amide bonds. The standard InChI is InChI=1S/C19H20N4OS/c24-19(18-9-16-3-1-2-4-17(16)25-18)21-10-14-5-7-15(8-6-14)11-23-13-20-12-22-23/h5-9,12-13H,1-4,10-11H2,(H,21,24). The third-order valence-corrected chi connectivity index (χ3v) is 5.74. The molecular weight excluding hydrogens is 332 g/mol. The highest BCUT2D eigenvalue weighted by Crippen LogP contribution is 2.29. The van der Waals surface area contributed by atoms with Crippen molar-refractivity contribution in [2.75, 3.05) is 0 Å². The first-order valence-electron chi connectivity index (χ1n) is 8.58. The average molecular weight is 352 g/mol. The predicted molar refractivity (Wildman–Crippen MR) is 97.7 cm³/mol. The maximum absolute atomic E-state index is 12.4. The highest BCUT2D eigenvalue weighted by Gasteiger charge is 2.16. The number of thiophene rings is 1. The lowest BCUT2D eigenvalue weighted by Crippen LogP contribution is -2.21. The SMILES string of the molecule is O=C(NCc1ccc(Cn2cncn2)cc1)c1cc2c(s1)CCCC2. The molecule has 0 saturated carbocycles. The van der Waals surface area contributed by atoms with E-state index in [4.69, 9.17) is 0 Å². The number of aromatic nitrogens is 3. The van der Waals surface area contributed by atoms with Crippen LogP contribution in [0.4, 0.5) is 0 Å². The molecule has 1 N–H and O–H groups in total. The summed E-state index contributed by atoms with van der Waals surface area (Å²) in [7, 11) is 0. The Morgan fingerprint density at radius 2 is 1.96 bits per heavy atom. The fourth-order valence-electron chi connectivity index (χ4n) is 3.14. The highest BCUT2D eigenvalue weighted by atomic mass is 32.1. The van der Waals surface area contributed by atoms with E-state index in [0.29, 0.717) is 13.1 Å². The molecule has 0 aliphatic heterocycles. The van der Waals surface area contributed by atoms with Crippen LogP contribution in [0, 0.1) is 0 Å². The van der Waals surface area contributed by atoms with Crippen molar-refractivity contribution in [2.45, 2.75) is 38.8 Å². The van der Waals surface area contributed by atoms with E-state index >= 15 is 0 Å². The number of benzene rings is 1. The fraction of sp³-hybridized carbons (Fsp3) is 0.316. The molecule has 0 unspecified atom stereocenters. The van der Waals surface area contributed by atoms with Crippen molar-refractivity contribution in [3.05, 3.63) is 69.4 Å². The van der Waals surface area contributed by atoms with E-state index in [9.17, 15) is 4.79 Å². The molecule has 128 valence electrons. The van der Waals surface area contributed by atoms with Crippen LogP contribution in [0.5, 0.6) is 0 Å². The Hall–Kier alpha value is -2.47. The Balaban J connectivity index is 1.34.